The summed E-state index contributed by atoms with van der Waals surface area (Å²) < 4.78 is 0. The summed E-state index contributed by atoms with van der Waals surface area (Å²) in [4.78, 5) is 27.2. The number of carbonyl (C=O) groups is 2. The van der Waals surface area contributed by atoms with Gasteiger partial charge in [-0.3, -0.25) is 9.69 Å². The number of urea groups is 1. The zero-order valence-corrected chi connectivity index (χ0v) is 12.2. The van der Waals surface area contributed by atoms with Crippen molar-refractivity contribution in [2.24, 2.45) is 0 Å². The highest BCUT2D eigenvalue weighted by atomic mass is 16.4. The Morgan fingerprint density at radius 1 is 1.30 bits per heavy atom. The molecule has 6 heteroatoms. The first-order valence-corrected chi connectivity index (χ1v) is 7.57. The first-order chi connectivity index (χ1) is 9.56. The Morgan fingerprint density at radius 2 is 2.05 bits per heavy atom. The first kappa shape index (κ1) is 15.1. The monoisotopic (exact) mass is 283 g/mol. The van der Waals surface area contributed by atoms with E-state index in [-0.39, 0.29) is 18.5 Å². The molecule has 2 aliphatic rings. The van der Waals surface area contributed by atoms with E-state index >= 15 is 0 Å². The average Bonchev–Trinajstić information content (AvgIpc) is 2.73. The molecule has 6 nitrogen and oxygen atoms in total. The smallest absolute Gasteiger partial charge is 0.317 e. The van der Waals surface area contributed by atoms with E-state index in [1.54, 1.807) is 0 Å². The molecule has 0 radical (unpaired) electrons. The minimum atomic E-state index is -0.817. The molecule has 0 aromatic rings. The van der Waals surface area contributed by atoms with Gasteiger partial charge in [-0.25, -0.2) is 4.79 Å². The maximum absolute atomic E-state index is 12.2. The van der Waals surface area contributed by atoms with Crippen molar-refractivity contribution >= 4 is 12.0 Å². The van der Waals surface area contributed by atoms with Gasteiger partial charge >= 0.3 is 12.0 Å². The van der Waals surface area contributed by atoms with Crippen LogP contribution in [0.15, 0.2) is 0 Å². The number of carbonyl (C=O) groups excluding carboxylic acids is 1. The maximum atomic E-state index is 12.2. The Balaban J connectivity index is 1.80. The summed E-state index contributed by atoms with van der Waals surface area (Å²) >= 11 is 0. The average molecular weight is 283 g/mol. The van der Waals surface area contributed by atoms with Gasteiger partial charge in [-0.1, -0.05) is 0 Å². The molecule has 0 spiro atoms. The van der Waals surface area contributed by atoms with E-state index in [2.05, 4.69) is 10.2 Å². The fraction of sp³-hybridized carbons (Fsp3) is 0.857. The normalized spacial score (nSPS) is 24.9. The third kappa shape index (κ3) is 4.10. The quantitative estimate of drug-likeness (QED) is 0.811. The molecule has 20 heavy (non-hydrogen) atoms. The minimum absolute atomic E-state index is 0.0448. The van der Waals surface area contributed by atoms with Crippen LogP contribution in [0.1, 0.15) is 39.0 Å². The van der Waals surface area contributed by atoms with Crippen LogP contribution in [0, 0.1) is 0 Å². The Hall–Kier alpha value is -1.30. The number of amides is 2. The van der Waals surface area contributed by atoms with Gasteiger partial charge in [0.2, 0.25) is 0 Å². The van der Waals surface area contributed by atoms with Crippen LogP contribution in [0.2, 0.25) is 0 Å². The molecule has 2 atom stereocenters. The second-order valence-corrected chi connectivity index (χ2v) is 5.91. The van der Waals surface area contributed by atoms with E-state index in [1.807, 2.05) is 11.8 Å². The van der Waals surface area contributed by atoms with Gasteiger partial charge in [-0.2, -0.15) is 0 Å². The highest BCUT2D eigenvalue weighted by Crippen LogP contribution is 2.21. The number of hydrogen-bond acceptors (Lipinski definition) is 3. The van der Waals surface area contributed by atoms with Gasteiger partial charge in [-0.15, -0.1) is 0 Å². The summed E-state index contributed by atoms with van der Waals surface area (Å²) in [6.07, 6.45) is 4.00. The van der Waals surface area contributed by atoms with Crippen molar-refractivity contribution in [1.29, 1.82) is 0 Å². The van der Waals surface area contributed by atoms with Crippen LogP contribution in [0.4, 0.5) is 4.79 Å². The van der Waals surface area contributed by atoms with Crippen LogP contribution in [-0.2, 0) is 4.79 Å². The third-order valence-corrected chi connectivity index (χ3v) is 4.25. The van der Waals surface area contributed by atoms with E-state index in [9.17, 15) is 9.59 Å². The van der Waals surface area contributed by atoms with Crippen LogP contribution in [0.25, 0.3) is 0 Å². The number of carboxylic acids is 1. The number of rotatable bonds is 4. The number of nitrogens with zero attached hydrogens (tertiary/aromatic N) is 2. The highest BCUT2D eigenvalue weighted by Gasteiger charge is 2.30. The molecule has 0 aliphatic carbocycles. The van der Waals surface area contributed by atoms with Gasteiger partial charge in [0.25, 0.3) is 0 Å². The molecule has 2 heterocycles. The predicted molar refractivity (Wildman–Crippen MR) is 75.6 cm³/mol. The lowest BCUT2D eigenvalue weighted by Gasteiger charge is -2.27. The standard InChI is InChI=1S/C14H25N3O3/c1-11(5-6-13(18)19)15-14(20)17-9-3-8-16-7-2-4-12(16)10-17/h11-12H,2-10H2,1H3,(H,15,20)(H,18,19). The number of carboxylic acid groups (broad SMARTS) is 1. The molecular weight excluding hydrogens is 258 g/mol. The Kier molecular flexibility index (Phi) is 5.23. The van der Waals surface area contributed by atoms with Gasteiger partial charge < -0.3 is 15.3 Å². The van der Waals surface area contributed by atoms with E-state index < -0.39 is 5.97 Å². The summed E-state index contributed by atoms with van der Waals surface area (Å²) in [5, 5.41) is 11.6. The first-order valence-electron chi connectivity index (χ1n) is 7.57. The molecule has 2 rings (SSSR count). The van der Waals surface area contributed by atoms with Crippen LogP contribution in [0.3, 0.4) is 0 Å². The molecule has 0 aromatic carbocycles. The molecular formula is C14H25N3O3. The second kappa shape index (κ2) is 6.92. The summed E-state index contributed by atoms with van der Waals surface area (Å²) in [5.41, 5.74) is 0. The van der Waals surface area contributed by atoms with E-state index in [0.29, 0.717) is 12.5 Å². The van der Waals surface area contributed by atoms with Gasteiger partial charge in [0, 0.05) is 38.1 Å². The molecule has 2 aliphatic heterocycles. The van der Waals surface area contributed by atoms with Crippen molar-refractivity contribution in [2.45, 2.75) is 51.1 Å². The van der Waals surface area contributed by atoms with Crippen LogP contribution < -0.4 is 5.32 Å². The number of aliphatic carboxylic acids is 1. The number of nitrogens with one attached hydrogen (secondary N) is 1. The van der Waals surface area contributed by atoms with Gasteiger partial charge in [-0.05, 0) is 39.2 Å². The molecule has 2 N–H and O–H groups in total. The van der Waals surface area contributed by atoms with E-state index in [4.69, 9.17) is 5.11 Å². The molecule has 2 unspecified atom stereocenters. The van der Waals surface area contributed by atoms with Crippen molar-refractivity contribution in [3.63, 3.8) is 0 Å². The molecule has 0 bridgehead atoms. The molecule has 2 amide bonds. The Morgan fingerprint density at radius 3 is 2.80 bits per heavy atom. The fourth-order valence-electron chi connectivity index (χ4n) is 3.11. The molecule has 2 saturated heterocycles. The summed E-state index contributed by atoms with van der Waals surface area (Å²) in [6.45, 7) is 5.71. The van der Waals surface area contributed by atoms with Crippen molar-refractivity contribution in [2.75, 3.05) is 26.2 Å². The maximum Gasteiger partial charge on any atom is 0.317 e. The predicted octanol–water partition coefficient (Wildman–Crippen LogP) is 1.12. The van der Waals surface area contributed by atoms with Gasteiger partial charge in [0.1, 0.15) is 0 Å². The number of hydrogen-bond donors (Lipinski definition) is 2. The van der Waals surface area contributed by atoms with Crippen molar-refractivity contribution < 1.29 is 14.7 Å². The van der Waals surface area contributed by atoms with E-state index in [1.165, 1.54) is 12.8 Å². The third-order valence-electron chi connectivity index (χ3n) is 4.25. The summed E-state index contributed by atoms with van der Waals surface area (Å²) in [5.74, 6) is -0.817. The van der Waals surface area contributed by atoms with Crippen molar-refractivity contribution in [3.8, 4) is 0 Å². The molecule has 0 saturated carbocycles. The lowest BCUT2D eigenvalue weighted by Crippen LogP contribution is -2.47. The zero-order valence-electron chi connectivity index (χ0n) is 12.2. The Bertz CT molecular complexity index is 362. The molecule has 0 aromatic heterocycles. The Labute approximate surface area is 120 Å². The minimum Gasteiger partial charge on any atom is -0.481 e. The zero-order chi connectivity index (χ0) is 14.5. The SMILES string of the molecule is CC(CCC(=O)O)NC(=O)N1CCCN2CCCC2C1. The van der Waals surface area contributed by atoms with Crippen molar-refractivity contribution in [3.05, 3.63) is 0 Å². The molecule has 2 fully saturated rings. The van der Waals surface area contributed by atoms with Crippen molar-refractivity contribution in [1.82, 2.24) is 15.1 Å². The second-order valence-electron chi connectivity index (χ2n) is 5.91. The molecule has 114 valence electrons. The van der Waals surface area contributed by atoms with Crippen LogP contribution in [0.5, 0.6) is 0 Å². The topological polar surface area (TPSA) is 72.9 Å². The van der Waals surface area contributed by atoms with Gasteiger partial charge in [0.15, 0.2) is 0 Å². The largest absolute Gasteiger partial charge is 0.481 e. The highest BCUT2D eigenvalue weighted by molar-refractivity contribution is 5.74. The van der Waals surface area contributed by atoms with Gasteiger partial charge in [0.05, 0.1) is 0 Å². The van der Waals surface area contributed by atoms with Crippen LogP contribution in [-0.4, -0.2) is 65.2 Å². The lowest BCUT2D eigenvalue weighted by atomic mass is 10.2. The fourth-order valence-corrected chi connectivity index (χ4v) is 3.11. The van der Waals surface area contributed by atoms with Crippen LogP contribution >= 0.6 is 0 Å². The van der Waals surface area contributed by atoms with E-state index in [0.717, 1.165) is 32.6 Å². The lowest BCUT2D eigenvalue weighted by molar-refractivity contribution is -0.137. The summed E-state index contributed by atoms with van der Waals surface area (Å²) in [6, 6.07) is 0.371. The summed E-state index contributed by atoms with van der Waals surface area (Å²) in [7, 11) is 0. The number of fused-ring (bicyclic) bond motifs is 1.